The first-order chi connectivity index (χ1) is 25.6. The molecule has 0 unspecified atom stereocenters. The number of nitriles is 4. The van der Waals surface area contributed by atoms with E-state index in [1.807, 2.05) is 39.8 Å². The predicted molar refractivity (Wildman–Crippen MR) is 193 cm³/mol. The van der Waals surface area contributed by atoms with E-state index in [-0.39, 0.29) is 23.2 Å². The summed E-state index contributed by atoms with van der Waals surface area (Å²) < 4.78 is 9.32. The summed E-state index contributed by atoms with van der Waals surface area (Å²) in [6.45, 7) is 8.02. The number of carboxylic acids is 2. The van der Waals surface area contributed by atoms with E-state index in [4.69, 9.17) is 32.5 Å². The molecule has 0 radical (unpaired) electrons. The van der Waals surface area contributed by atoms with E-state index in [0.29, 0.717) is 37.8 Å². The number of carboxylic acid groups (broad SMARTS) is 2. The number of ether oxygens (including phenoxy) is 2. The van der Waals surface area contributed by atoms with Crippen molar-refractivity contribution >= 4 is 23.9 Å². The van der Waals surface area contributed by atoms with Gasteiger partial charge in [-0.15, -0.1) is 0 Å². The molecule has 10 N–H and O–H groups in total. The molecule has 0 bridgehead atoms. The van der Waals surface area contributed by atoms with Crippen molar-refractivity contribution in [3.8, 4) is 24.3 Å². The number of quaternary nitrogens is 2. The zero-order chi connectivity index (χ0) is 41.9. The molecule has 0 fully saturated rings. The van der Waals surface area contributed by atoms with E-state index < -0.39 is 36.1 Å². The number of carbonyl (C=O) groups is 4. The Morgan fingerprint density at radius 1 is 0.574 bits per heavy atom. The fraction of sp³-hybridized carbons (Fsp3) is 0.474. The Labute approximate surface area is 317 Å². The lowest BCUT2D eigenvalue weighted by atomic mass is 10.1. The molecule has 0 aliphatic carbocycles. The maximum absolute atomic E-state index is 12.0. The highest BCUT2D eigenvalue weighted by atomic mass is 16.6. The van der Waals surface area contributed by atoms with Gasteiger partial charge in [0.25, 0.3) is 0 Å². The number of esters is 2. The maximum Gasteiger partial charge on any atom is 0.338 e. The first kappa shape index (κ1) is 52.5. The Hall–Kier alpha value is -5.88. The number of benzene rings is 2. The Balaban J connectivity index is -0.000000752. The normalized spacial score (nSPS) is 12.6. The standard InChI is InChI=1S/C18H14O8.4C5H10N2/c19-15(20)13(25-17(23)11-7-3-1-4-8-11)14(16(21)22)26-18(24)12-9-5-2-6-10-12;4*1-2-5(7)3-4-6/h1-10,13-14H,(H,19,20)(H,21,22);4*5H,2-3,7H2,1H3/t13-,14-;4*5-/m01000/s1. The summed E-state index contributed by atoms with van der Waals surface area (Å²) in [6, 6.07) is 23.5. The van der Waals surface area contributed by atoms with Crippen LogP contribution in [0.1, 0.15) is 99.8 Å². The predicted octanol–water partition coefficient (Wildman–Crippen LogP) is 0.0533. The first-order valence-electron chi connectivity index (χ1n) is 17.2. The number of carbonyl (C=O) groups excluding carboxylic acids is 4. The van der Waals surface area contributed by atoms with Crippen LogP contribution in [-0.4, -0.2) is 60.3 Å². The van der Waals surface area contributed by atoms with Crippen molar-refractivity contribution in [1.82, 2.24) is 0 Å². The molecule has 16 heteroatoms. The third kappa shape index (κ3) is 27.8. The number of rotatable bonds is 15. The molecule has 0 amide bonds. The van der Waals surface area contributed by atoms with Crippen LogP contribution in [-0.2, 0) is 19.1 Å². The van der Waals surface area contributed by atoms with Crippen molar-refractivity contribution in [1.29, 1.82) is 21.0 Å². The molecule has 6 atom stereocenters. The van der Waals surface area contributed by atoms with Crippen LogP contribution in [0.5, 0.6) is 0 Å². The van der Waals surface area contributed by atoms with Gasteiger partial charge in [-0.1, -0.05) is 64.1 Å². The molecule has 0 spiro atoms. The minimum atomic E-state index is -2.39. The van der Waals surface area contributed by atoms with Gasteiger partial charge >= 0.3 is 11.9 Å². The van der Waals surface area contributed by atoms with Crippen molar-refractivity contribution in [3.05, 3.63) is 71.8 Å². The molecule has 0 saturated carbocycles. The van der Waals surface area contributed by atoms with E-state index in [0.717, 1.165) is 25.7 Å². The average Bonchev–Trinajstić information content (AvgIpc) is 3.17. The molecule has 294 valence electrons. The van der Waals surface area contributed by atoms with Gasteiger partial charge in [-0.2, -0.15) is 21.0 Å². The quantitative estimate of drug-likeness (QED) is 0.175. The minimum absolute atomic E-state index is 0.0229. The van der Waals surface area contributed by atoms with E-state index in [1.54, 1.807) is 12.1 Å². The summed E-state index contributed by atoms with van der Waals surface area (Å²) in [5.74, 6) is -6.35. The van der Waals surface area contributed by atoms with Gasteiger partial charge in [0.1, 0.15) is 0 Å². The van der Waals surface area contributed by atoms with Crippen molar-refractivity contribution in [3.63, 3.8) is 0 Å². The lowest BCUT2D eigenvalue weighted by molar-refractivity contribution is -0.419. The number of nitrogens with two attached hydrogens (primary N) is 2. The Kier molecular flexibility index (Phi) is 33.3. The lowest BCUT2D eigenvalue weighted by Gasteiger charge is -2.28. The molecule has 2 aromatic carbocycles. The van der Waals surface area contributed by atoms with Crippen LogP contribution in [0.4, 0.5) is 0 Å². The molecule has 0 aliphatic rings. The van der Waals surface area contributed by atoms with Crippen LogP contribution in [0, 0.1) is 45.3 Å². The lowest BCUT2D eigenvalue weighted by Crippen LogP contribution is -2.60. The van der Waals surface area contributed by atoms with E-state index in [1.165, 1.54) is 48.5 Å². The van der Waals surface area contributed by atoms with Crippen LogP contribution in [0.25, 0.3) is 0 Å². The number of hydrogen-bond donors (Lipinski definition) is 4. The summed E-state index contributed by atoms with van der Waals surface area (Å²) in [4.78, 5) is 46.5. The molecule has 0 heterocycles. The average molecular weight is 751 g/mol. The molecule has 0 saturated heterocycles. The summed E-state index contributed by atoms with van der Waals surface area (Å²) in [6.07, 6.45) is 1.18. The van der Waals surface area contributed by atoms with Crippen molar-refractivity contribution in [2.45, 2.75) is 115 Å². The SMILES string of the molecule is CC[C@@H](N)CC#N.CC[C@H](N)CC#N.CC[C@H]([NH3+])CC#N.CC[C@H]([NH3+])CC#N.O=C(O[C@H](C(=O)[O-])[C@H](OC(=O)c1ccccc1)C(=O)[O-])c1ccccc1. The van der Waals surface area contributed by atoms with Gasteiger partial charge < -0.3 is 52.2 Å². The van der Waals surface area contributed by atoms with E-state index in [2.05, 4.69) is 33.1 Å². The number of nitrogens with zero attached hydrogens (tertiary/aromatic N) is 4. The summed E-state index contributed by atoms with van der Waals surface area (Å²) in [5, 5.41) is 54.8. The summed E-state index contributed by atoms with van der Waals surface area (Å²) >= 11 is 0. The van der Waals surface area contributed by atoms with Gasteiger partial charge in [-0.25, -0.2) is 9.59 Å². The van der Waals surface area contributed by atoms with E-state index in [9.17, 15) is 29.4 Å². The van der Waals surface area contributed by atoms with Gasteiger partial charge in [0, 0.05) is 12.1 Å². The van der Waals surface area contributed by atoms with E-state index >= 15 is 0 Å². The molecule has 54 heavy (non-hydrogen) atoms. The van der Waals surface area contributed by atoms with Crippen LogP contribution in [0.2, 0.25) is 0 Å². The summed E-state index contributed by atoms with van der Waals surface area (Å²) in [5.41, 5.74) is 18.1. The minimum Gasteiger partial charge on any atom is -0.546 e. The van der Waals surface area contributed by atoms with Gasteiger partial charge in [0.2, 0.25) is 0 Å². The topological polar surface area (TPSA) is 335 Å². The van der Waals surface area contributed by atoms with Crippen LogP contribution >= 0.6 is 0 Å². The second-order valence-electron chi connectivity index (χ2n) is 11.4. The number of aliphatic carboxylic acids is 2. The molecular weight excluding hydrogens is 696 g/mol. The van der Waals surface area contributed by atoms with Gasteiger partial charge in [-0.3, -0.25) is 0 Å². The molecule has 0 aromatic heterocycles. The van der Waals surface area contributed by atoms with Crippen LogP contribution < -0.4 is 33.1 Å². The fourth-order valence-electron chi connectivity index (χ4n) is 3.05. The third-order valence-corrected chi connectivity index (χ3v) is 6.90. The first-order valence-corrected chi connectivity index (χ1v) is 17.2. The molecule has 2 rings (SSSR count). The summed E-state index contributed by atoms with van der Waals surface area (Å²) in [7, 11) is 0. The fourth-order valence-corrected chi connectivity index (χ4v) is 3.05. The van der Waals surface area contributed by atoms with Gasteiger partial charge in [0.05, 0.1) is 85.1 Å². The maximum atomic E-state index is 12.0. The molecule has 0 aliphatic heterocycles. The molecule has 2 aromatic rings. The Morgan fingerprint density at radius 3 is 1.02 bits per heavy atom. The van der Waals surface area contributed by atoms with Crippen LogP contribution in [0.3, 0.4) is 0 Å². The highest BCUT2D eigenvalue weighted by molar-refractivity contribution is 5.94. The largest absolute Gasteiger partial charge is 0.546 e. The zero-order valence-electron chi connectivity index (χ0n) is 31.5. The Morgan fingerprint density at radius 2 is 0.852 bits per heavy atom. The van der Waals surface area contributed by atoms with Gasteiger partial charge in [-0.05, 0) is 49.9 Å². The highest BCUT2D eigenvalue weighted by Gasteiger charge is 2.32. The van der Waals surface area contributed by atoms with Crippen molar-refractivity contribution in [2.24, 2.45) is 11.5 Å². The Bertz CT molecular complexity index is 1340. The zero-order valence-corrected chi connectivity index (χ0v) is 31.5. The molecule has 16 nitrogen and oxygen atoms in total. The van der Waals surface area contributed by atoms with Crippen molar-refractivity contribution in [2.75, 3.05) is 0 Å². The van der Waals surface area contributed by atoms with Crippen molar-refractivity contribution < 1.29 is 50.3 Å². The van der Waals surface area contributed by atoms with Gasteiger partial charge in [0.15, 0.2) is 12.2 Å². The van der Waals surface area contributed by atoms with Crippen LogP contribution in [0.15, 0.2) is 60.7 Å². The third-order valence-electron chi connectivity index (χ3n) is 6.90. The molecular formula is C38H54N8O8. The second kappa shape index (κ2) is 34.2. The second-order valence-corrected chi connectivity index (χ2v) is 11.4. The highest BCUT2D eigenvalue weighted by Crippen LogP contribution is 2.12. The number of hydrogen-bond acceptors (Lipinski definition) is 14. The smallest absolute Gasteiger partial charge is 0.338 e. The monoisotopic (exact) mass is 750 g/mol.